The van der Waals surface area contributed by atoms with Gasteiger partial charge in [-0.1, -0.05) is 11.6 Å². The molecule has 100 valence electrons. The molecule has 8 heteroatoms. The predicted molar refractivity (Wildman–Crippen MR) is 71.9 cm³/mol. The summed E-state index contributed by atoms with van der Waals surface area (Å²) in [7, 11) is 0. The normalized spacial score (nSPS) is 19.2. The lowest BCUT2D eigenvalue weighted by Crippen LogP contribution is -2.43. The maximum atomic E-state index is 11.8. The molecular weight excluding hydrogens is 270 g/mol. The van der Waals surface area contributed by atoms with Crippen molar-refractivity contribution in [1.29, 1.82) is 0 Å². The van der Waals surface area contributed by atoms with E-state index in [0.29, 0.717) is 33.7 Å². The molecule has 0 fully saturated rings. The van der Waals surface area contributed by atoms with Gasteiger partial charge < -0.3 is 10.4 Å². The number of anilines is 1. The second kappa shape index (κ2) is 4.46. The molecule has 1 aromatic carbocycles. The number of nitrogens with two attached hydrogens (primary N) is 1. The van der Waals surface area contributed by atoms with E-state index in [-0.39, 0.29) is 11.5 Å². The van der Waals surface area contributed by atoms with Gasteiger partial charge >= 0.3 is 0 Å². The first kappa shape index (κ1) is 12.4. The van der Waals surface area contributed by atoms with Crippen LogP contribution in [0.15, 0.2) is 16.9 Å². The van der Waals surface area contributed by atoms with Gasteiger partial charge in [-0.15, -0.1) is 0 Å². The fourth-order valence-electron chi connectivity index (χ4n) is 2.39. The Labute approximate surface area is 112 Å². The van der Waals surface area contributed by atoms with Crippen LogP contribution in [0.4, 0.5) is 5.69 Å². The number of nitrogens with zero attached hydrogens (tertiary/aromatic N) is 1. The van der Waals surface area contributed by atoms with E-state index in [1.807, 2.05) is 0 Å². The smallest absolute Gasteiger partial charge is 0.272 e. The molecule has 0 radical (unpaired) electrons. The molecule has 6 N–H and O–H groups in total. The van der Waals surface area contributed by atoms with Gasteiger partial charge in [-0.25, -0.2) is 10.5 Å². The summed E-state index contributed by atoms with van der Waals surface area (Å²) in [5.41, 5.74) is 3.22. The number of benzene rings is 1. The third-order valence-electron chi connectivity index (χ3n) is 3.34. The van der Waals surface area contributed by atoms with Crippen LogP contribution in [0, 0.1) is 0 Å². The molecule has 0 aliphatic carbocycles. The van der Waals surface area contributed by atoms with Crippen LogP contribution in [0.3, 0.4) is 0 Å². The van der Waals surface area contributed by atoms with E-state index in [4.69, 9.17) is 17.4 Å². The van der Waals surface area contributed by atoms with Gasteiger partial charge in [-0.05, 0) is 12.1 Å². The van der Waals surface area contributed by atoms with Crippen LogP contribution in [0.1, 0.15) is 11.6 Å². The predicted octanol–water partition coefficient (Wildman–Crippen LogP) is -0.133. The van der Waals surface area contributed by atoms with E-state index in [1.54, 1.807) is 12.1 Å². The minimum Gasteiger partial charge on any atom is -0.382 e. The molecule has 0 saturated carbocycles. The molecule has 0 saturated heterocycles. The lowest BCUT2D eigenvalue weighted by Gasteiger charge is -2.28. The van der Waals surface area contributed by atoms with Crippen LogP contribution in [0.25, 0.3) is 10.8 Å². The molecular formula is C11H12ClN5O2. The van der Waals surface area contributed by atoms with Crippen LogP contribution >= 0.6 is 11.6 Å². The Bertz CT molecular complexity index is 701. The highest BCUT2D eigenvalue weighted by Gasteiger charge is 2.30. The van der Waals surface area contributed by atoms with Crippen molar-refractivity contribution >= 4 is 28.1 Å². The molecule has 7 nitrogen and oxygen atoms in total. The number of rotatable bonds is 2. The summed E-state index contributed by atoms with van der Waals surface area (Å²) in [5, 5.41) is 21.0. The van der Waals surface area contributed by atoms with Gasteiger partial charge in [0.1, 0.15) is 6.23 Å². The molecule has 3 rings (SSSR count). The van der Waals surface area contributed by atoms with Crippen LogP contribution in [-0.2, 0) is 0 Å². The van der Waals surface area contributed by atoms with Crippen molar-refractivity contribution in [2.24, 2.45) is 5.84 Å². The van der Waals surface area contributed by atoms with Crippen LogP contribution < -0.4 is 22.1 Å². The van der Waals surface area contributed by atoms with Crippen molar-refractivity contribution in [2.75, 3.05) is 11.9 Å². The Morgan fingerprint density at radius 2 is 2.37 bits per heavy atom. The standard InChI is InChI=1S/C11H12ClN5O2/c12-6-2-1-4-7-8(16-17-11(4)19)5(10(18)15-13)3-14-9(6)7/h1-2,5,10,14-15,18H,3,13H2,(H,17,19). The summed E-state index contributed by atoms with van der Waals surface area (Å²) in [5.74, 6) is 4.88. The Hall–Kier alpha value is -1.67. The zero-order valence-corrected chi connectivity index (χ0v) is 10.5. The third-order valence-corrected chi connectivity index (χ3v) is 3.65. The Balaban J connectivity index is 2.34. The van der Waals surface area contributed by atoms with Gasteiger partial charge in [0.15, 0.2) is 0 Å². The number of aromatic nitrogens is 2. The number of aromatic amines is 1. The number of H-pyrrole nitrogens is 1. The Morgan fingerprint density at radius 1 is 1.58 bits per heavy atom. The molecule has 0 amide bonds. The molecule has 2 heterocycles. The van der Waals surface area contributed by atoms with Gasteiger partial charge in [0, 0.05) is 11.9 Å². The quantitative estimate of drug-likeness (QED) is 0.297. The maximum absolute atomic E-state index is 11.8. The monoisotopic (exact) mass is 281 g/mol. The first-order valence-electron chi connectivity index (χ1n) is 5.72. The number of hydrogen-bond donors (Lipinski definition) is 5. The highest BCUT2D eigenvalue weighted by atomic mass is 35.5. The zero-order valence-electron chi connectivity index (χ0n) is 9.77. The van der Waals surface area contributed by atoms with Gasteiger partial charge in [0.2, 0.25) is 0 Å². The van der Waals surface area contributed by atoms with Crippen LogP contribution in [0.2, 0.25) is 5.02 Å². The minimum absolute atomic E-state index is 0.297. The summed E-state index contributed by atoms with van der Waals surface area (Å²) in [6.45, 7) is 0.413. The van der Waals surface area contributed by atoms with Crippen molar-refractivity contribution in [3.63, 3.8) is 0 Å². The van der Waals surface area contributed by atoms with Crippen molar-refractivity contribution in [3.05, 3.63) is 33.2 Å². The fraction of sp³-hybridized carbons (Fsp3) is 0.273. The van der Waals surface area contributed by atoms with E-state index in [1.165, 1.54) is 0 Å². The molecule has 0 spiro atoms. The number of nitrogens with one attached hydrogen (secondary N) is 3. The summed E-state index contributed by atoms with van der Waals surface area (Å²) in [6, 6.07) is 3.29. The SMILES string of the molecule is NNC(O)C1CNc2c(Cl)ccc3c(=O)[nH]nc1c23. The van der Waals surface area contributed by atoms with Crippen LogP contribution in [-0.4, -0.2) is 28.1 Å². The van der Waals surface area contributed by atoms with Gasteiger partial charge in [-0.3, -0.25) is 10.6 Å². The summed E-state index contributed by atoms with van der Waals surface area (Å²) in [4.78, 5) is 11.8. The second-order valence-corrected chi connectivity index (χ2v) is 4.79. The number of hydrazine groups is 1. The zero-order chi connectivity index (χ0) is 13.6. The molecule has 0 bridgehead atoms. The van der Waals surface area contributed by atoms with E-state index in [9.17, 15) is 9.90 Å². The minimum atomic E-state index is -0.971. The number of hydrogen-bond acceptors (Lipinski definition) is 6. The molecule has 2 unspecified atom stereocenters. The van der Waals surface area contributed by atoms with Crippen molar-refractivity contribution in [3.8, 4) is 0 Å². The summed E-state index contributed by atoms with van der Waals surface area (Å²) in [6.07, 6.45) is -0.971. The van der Waals surface area contributed by atoms with E-state index < -0.39 is 6.23 Å². The number of aliphatic hydroxyl groups excluding tert-OH is 1. The lowest BCUT2D eigenvalue weighted by atomic mass is 9.93. The third kappa shape index (κ3) is 1.79. The van der Waals surface area contributed by atoms with E-state index >= 15 is 0 Å². The number of aliphatic hydroxyl groups is 1. The maximum Gasteiger partial charge on any atom is 0.272 e. The molecule has 1 aromatic heterocycles. The molecule has 1 aliphatic heterocycles. The topological polar surface area (TPSA) is 116 Å². The van der Waals surface area contributed by atoms with Crippen LogP contribution in [0.5, 0.6) is 0 Å². The van der Waals surface area contributed by atoms with Crippen molar-refractivity contribution in [2.45, 2.75) is 12.1 Å². The van der Waals surface area contributed by atoms with Gasteiger partial charge in [0.05, 0.1) is 27.7 Å². The summed E-state index contributed by atoms with van der Waals surface area (Å²) < 4.78 is 0. The molecule has 1 aliphatic rings. The average Bonchev–Trinajstić information content (AvgIpc) is 2.43. The molecule has 2 aromatic rings. The molecule has 2 atom stereocenters. The first-order chi connectivity index (χ1) is 9.13. The average molecular weight is 282 g/mol. The van der Waals surface area contributed by atoms with Gasteiger partial charge in [-0.2, -0.15) is 5.10 Å². The Morgan fingerprint density at radius 3 is 3.11 bits per heavy atom. The first-order valence-corrected chi connectivity index (χ1v) is 6.10. The largest absolute Gasteiger partial charge is 0.382 e. The van der Waals surface area contributed by atoms with Crippen molar-refractivity contribution < 1.29 is 5.11 Å². The highest BCUT2D eigenvalue weighted by Crippen LogP contribution is 2.38. The Kier molecular flexibility index (Phi) is 2.90. The summed E-state index contributed by atoms with van der Waals surface area (Å²) >= 11 is 6.12. The molecule has 19 heavy (non-hydrogen) atoms. The van der Waals surface area contributed by atoms with E-state index in [0.717, 1.165) is 0 Å². The second-order valence-electron chi connectivity index (χ2n) is 4.38. The lowest BCUT2D eigenvalue weighted by molar-refractivity contribution is 0.110. The van der Waals surface area contributed by atoms with Gasteiger partial charge in [0.25, 0.3) is 5.56 Å². The highest BCUT2D eigenvalue weighted by molar-refractivity contribution is 6.35. The van der Waals surface area contributed by atoms with E-state index in [2.05, 4.69) is 20.9 Å². The van der Waals surface area contributed by atoms with Crippen molar-refractivity contribution in [1.82, 2.24) is 15.6 Å². The fourth-order valence-corrected chi connectivity index (χ4v) is 2.61. The number of halogens is 1.